The predicted molar refractivity (Wildman–Crippen MR) is 140 cm³/mol. The molecule has 0 spiro atoms. The molecule has 10 heteroatoms. The van der Waals surface area contributed by atoms with Crippen molar-refractivity contribution in [3.63, 3.8) is 0 Å². The summed E-state index contributed by atoms with van der Waals surface area (Å²) >= 11 is 0. The molecular formula is C28H29FN4O5. The lowest BCUT2D eigenvalue weighted by Gasteiger charge is -2.26. The van der Waals surface area contributed by atoms with Crippen LogP contribution in [0.15, 0.2) is 59.2 Å². The first-order valence-electron chi connectivity index (χ1n) is 12.1. The lowest BCUT2D eigenvalue weighted by molar-refractivity contribution is -0.120. The molecule has 2 heterocycles. The zero-order valence-electron chi connectivity index (χ0n) is 20.9. The highest BCUT2D eigenvalue weighted by atomic mass is 19.1. The highest BCUT2D eigenvalue weighted by molar-refractivity contribution is 6.01. The number of carbonyl (C=O) groups is 2. The van der Waals surface area contributed by atoms with Crippen LogP contribution in [0.2, 0.25) is 0 Å². The van der Waals surface area contributed by atoms with E-state index in [0.717, 1.165) is 5.56 Å². The molecule has 9 nitrogen and oxygen atoms in total. The maximum Gasteiger partial charge on any atom is 0.341 e. The van der Waals surface area contributed by atoms with Gasteiger partial charge >= 0.3 is 6.03 Å². The van der Waals surface area contributed by atoms with E-state index in [1.165, 1.54) is 29.4 Å². The monoisotopic (exact) mass is 520 g/mol. The third-order valence-corrected chi connectivity index (χ3v) is 6.29. The van der Waals surface area contributed by atoms with Gasteiger partial charge in [-0.3, -0.25) is 4.79 Å². The molecule has 0 aliphatic carbocycles. The zero-order chi connectivity index (χ0) is 27.1. The van der Waals surface area contributed by atoms with E-state index >= 15 is 0 Å². The molecule has 38 heavy (non-hydrogen) atoms. The van der Waals surface area contributed by atoms with Gasteiger partial charge in [-0.1, -0.05) is 24.0 Å². The van der Waals surface area contributed by atoms with Crippen molar-refractivity contribution in [1.29, 1.82) is 0 Å². The number of rotatable bonds is 4. The van der Waals surface area contributed by atoms with Gasteiger partial charge in [0, 0.05) is 38.1 Å². The van der Waals surface area contributed by atoms with Crippen LogP contribution in [-0.2, 0) is 16.0 Å². The summed E-state index contributed by atoms with van der Waals surface area (Å²) < 4.78 is 24.2. The maximum absolute atomic E-state index is 13.1. The van der Waals surface area contributed by atoms with Gasteiger partial charge < -0.3 is 30.5 Å². The second-order valence-electron chi connectivity index (χ2n) is 9.09. The smallest absolute Gasteiger partial charge is 0.341 e. The number of hydrogen-bond acceptors (Lipinski definition) is 6. The summed E-state index contributed by atoms with van der Waals surface area (Å²) in [6.45, 7) is 0.822. The number of likely N-dealkylation sites (N-methyl/N-ethyl adjacent to an activating group) is 1. The molecule has 0 unspecified atom stereocenters. The first kappa shape index (κ1) is 26.9. The summed E-state index contributed by atoms with van der Waals surface area (Å²) in [6.07, 6.45) is 3.84. The van der Waals surface area contributed by atoms with Gasteiger partial charge in [0.2, 0.25) is 0 Å². The largest absolute Gasteiger partial charge is 0.489 e. The van der Waals surface area contributed by atoms with Gasteiger partial charge in [0.05, 0.1) is 18.9 Å². The molecular weight excluding hydrogens is 491 g/mol. The van der Waals surface area contributed by atoms with Crippen molar-refractivity contribution < 1.29 is 28.6 Å². The van der Waals surface area contributed by atoms with Crippen molar-refractivity contribution in [2.75, 3.05) is 31.8 Å². The molecule has 2 aliphatic heterocycles. The fraction of sp³-hybridized carbons (Fsp3) is 0.321. The van der Waals surface area contributed by atoms with Crippen molar-refractivity contribution in [2.24, 2.45) is 10.7 Å². The lowest BCUT2D eigenvalue weighted by atomic mass is 9.95. The summed E-state index contributed by atoms with van der Waals surface area (Å²) in [5, 5.41) is 13.2. The third kappa shape index (κ3) is 6.76. The van der Waals surface area contributed by atoms with Crippen molar-refractivity contribution in [2.45, 2.75) is 30.9 Å². The highest BCUT2D eigenvalue weighted by Crippen LogP contribution is 2.31. The normalized spacial score (nSPS) is 19.1. The quantitative estimate of drug-likeness (QED) is 0.420. The molecule has 4 rings (SSSR count). The van der Waals surface area contributed by atoms with Gasteiger partial charge in [-0.2, -0.15) is 0 Å². The Kier molecular flexibility index (Phi) is 8.41. The van der Waals surface area contributed by atoms with Gasteiger partial charge in [-0.05, 0) is 47.7 Å². The Morgan fingerprint density at radius 1 is 1.29 bits per heavy atom. The molecule has 1 fully saturated rings. The molecule has 1 saturated heterocycles. The number of halogens is 1. The molecule has 0 aromatic heterocycles. The van der Waals surface area contributed by atoms with Crippen molar-refractivity contribution >= 4 is 23.8 Å². The number of nitrogens with zero attached hydrogens (tertiary/aromatic N) is 2. The van der Waals surface area contributed by atoms with Crippen LogP contribution in [0.25, 0.3) is 0 Å². The number of fused-ring (bicyclic) bond motifs is 1. The van der Waals surface area contributed by atoms with Gasteiger partial charge in [0.1, 0.15) is 29.8 Å². The Hall–Kier alpha value is -4.20. The number of ether oxygens (including phenoxy) is 2. The molecule has 198 valence electrons. The van der Waals surface area contributed by atoms with E-state index in [9.17, 15) is 19.1 Å². The van der Waals surface area contributed by atoms with Crippen LogP contribution in [0, 0.1) is 17.7 Å². The zero-order valence-corrected chi connectivity index (χ0v) is 20.9. The Morgan fingerprint density at radius 3 is 2.74 bits per heavy atom. The highest BCUT2D eigenvalue weighted by Gasteiger charge is 2.31. The summed E-state index contributed by atoms with van der Waals surface area (Å²) in [5.74, 6) is 5.63. The van der Waals surface area contributed by atoms with E-state index in [1.807, 2.05) is 0 Å². The van der Waals surface area contributed by atoms with Crippen LogP contribution in [0.1, 0.15) is 24.0 Å². The van der Waals surface area contributed by atoms with E-state index in [1.54, 1.807) is 37.4 Å². The fourth-order valence-corrected chi connectivity index (χ4v) is 4.02. The first-order chi connectivity index (χ1) is 18.3. The van der Waals surface area contributed by atoms with Gasteiger partial charge in [0.25, 0.3) is 5.91 Å². The predicted octanol–water partition coefficient (Wildman–Crippen LogP) is 2.31. The number of anilines is 1. The Balaban J connectivity index is 1.40. The van der Waals surface area contributed by atoms with Crippen LogP contribution in [0.4, 0.5) is 14.9 Å². The summed E-state index contributed by atoms with van der Waals surface area (Å²) in [7, 11) is 1.58. The van der Waals surface area contributed by atoms with Crippen LogP contribution in [0.5, 0.6) is 5.75 Å². The summed E-state index contributed by atoms with van der Waals surface area (Å²) in [5.41, 5.74) is 6.99. The van der Waals surface area contributed by atoms with Crippen LogP contribution in [-0.4, -0.2) is 61.8 Å². The van der Waals surface area contributed by atoms with Gasteiger partial charge in [-0.25, -0.2) is 14.2 Å². The summed E-state index contributed by atoms with van der Waals surface area (Å²) in [6, 6.07) is 9.36. The lowest BCUT2D eigenvalue weighted by Crippen LogP contribution is -2.48. The third-order valence-electron chi connectivity index (χ3n) is 6.29. The number of benzene rings is 2. The molecule has 2 aromatic carbocycles. The summed E-state index contributed by atoms with van der Waals surface area (Å²) in [4.78, 5) is 30.8. The number of aliphatic hydroxyl groups is 1. The van der Waals surface area contributed by atoms with Crippen LogP contribution < -0.4 is 20.7 Å². The topological polar surface area (TPSA) is 126 Å². The molecule has 0 bridgehead atoms. The molecule has 4 N–H and O–H groups in total. The maximum atomic E-state index is 13.1. The minimum Gasteiger partial charge on any atom is -0.489 e. The molecule has 2 aromatic rings. The average molecular weight is 521 g/mol. The average Bonchev–Trinajstić information content (AvgIpc) is 3.03. The second-order valence-corrected chi connectivity index (χ2v) is 9.09. The number of hydrogen-bond donors (Lipinski definition) is 3. The number of allylic oxidation sites excluding steroid dienone is 1. The number of nitrogens with one attached hydrogen (secondary N) is 1. The molecule has 3 amide bonds. The minimum absolute atomic E-state index is 0.0859. The second kappa shape index (κ2) is 11.9. The Labute approximate surface area is 220 Å². The number of carbonyl (C=O) groups excluding carboxylic acids is 2. The molecule has 0 radical (unpaired) electrons. The van der Waals surface area contributed by atoms with Crippen molar-refractivity contribution in [3.05, 3.63) is 71.2 Å². The van der Waals surface area contributed by atoms with E-state index in [0.29, 0.717) is 55.0 Å². The van der Waals surface area contributed by atoms with Gasteiger partial charge in [0.15, 0.2) is 0 Å². The standard InChI is InChI=1S/C28H29FN4O5/c1-33-24-15-20(8-9-28(36)10-12-37-13-11-28)4-7-25(24)38-18-23(26(33)34)32-27(35)31-17-21(16-30)14-19-2-5-22(29)6-3-19/h2-7,15-17,23,36H,10-14,18,30H2,1H3,(H,32,35)/b21-16-,31-17+/t23-/m1/s1. The number of amides is 3. The van der Waals surface area contributed by atoms with E-state index in [2.05, 4.69) is 22.2 Å². The Bertz CT molecular complexity index is 1310. The van der Waals surface area contributed by atoms with Crippen molar-refractivity contribution in [1.82, 2.24) is 5.32 Å². The van der Waals surface area contributed by atoms with Crippen LogP contribution in [0.3, 0.4) is 0 Å². The number of nitrogens with two attached hydrogens (primary N) is 1. The van der Waals surface area contributed by atoms with Crippen LogP contribution >= 0.6 is 0 Å². The number of aliphatic imine (C=N–C) groups is 1. The van der Waals surface area contributed by atoms with Gasteiger partial charge in [-0.15, -0.1) is 0 Å². The first-order valence-corrected chi connectivity index (χ1v) is 12.1. The van der Waals surface area contributed by atoms with E-state index in [4.69, 9.17) is 15.2 Å². The van der Waals surface area contributed by atoms with Crippen molar-refractivity contribution in [3.8, 4) is 17.6 Å². The minimum atomic E-state index is -1.10. The number of urea groups is 1. The SMILES string of the molecule is CN1C(=O)[C@H](NC(=O)/N=C/C(=C\N)Cc2ccc(F)cc2)COc2ccc(C#CC3(O)CCOCC3)cc21. The van der Waals surface area contributed by atoms with E-state index in [-0.39, 0.29) is 18.3 Å². The Morgan fingerprint density at radius 2 is 2.03 bits per heavy atom. The molecule has 2 aliphatic rings. The molecule has 1 atom stereocenters. The van der Waals surface area contributed by atoms with E-state index < -0.39 is 17.7 Å². The molecule has 0 saturated carbocycles. The fourth-order valence-electron chi connectivity index (χ4n) is 4.02.